The highest BCUT2D eigenvalue weighted by molar-refractivity contribution is 9.10. The lowest BCUT2D eigenvalue weighted by Crippen LogP contribution is -2.35. The molecule has 0 saturated carbocycles. The van der Waals surface area contributed by atoms with Crippen molar-refractivity contribution in [1.29, 1.82) is 0 Å². The Morgan fingerprint density at radius 3 is 2.37 bits per heavy atom. The monoisotopic (exact) mass is 355 g/mol. The number of nitrogens with one attached hydrogen (secondary N) is 1. The summed E-state index contributed by atoms with van der Waals surface area (Å²) in [5.41, 5.74) is 0.0143. The van der Waals surface area contributed by atoms with Crippen molar-refractivity contribution in [3.63, 3.8) is 0 Å². The highest BCUT2D eigenvalue weighted by Crippen LogP contribution is 2.28. The van der Waals surface area contributed by atoms with Gasteiger partial charge in [0.1, 0.15) is 11.6 Å². The van der Waals surface area contributed by atoms with Crippen LogP contribution in [0.2, 0.25) is 0 Å². The smallest absolute Gasteiger partial charge is 0.151 e. The van der Waals surface area contributed by atoms with E-state index in [0.29, 0.717) is 6.54 Å². The molecule has 3 nitrogen and oxygen atoms in total. The Hall–Kier alpha value is -0.530. The second-order valence-electron chi connectivity index (χ2n) is 4.36. The molecule has 0 aromatic heterocycles. The summed E-state index contributed by atoms with van der Waals surface area (Å²) in [5, 5.41) is 2.03. The summed E-state index contributed by atoms with van der Waals surface area (Å²) >= 11 is 2.89. The summed E-state index contributed by atoms with van der Waals surface area (Å²) in [6.45, 7) is 3.69. The number of rotatable bonds is 5. The Labute approximate surface area is 120 Å². The van der Waals surface area contributed by atoms with Crippen LogP contribution >= 0.6 is 15.9 Å². The van der Waals surface area contributed by atoms with Crippen molar-refractivity contribution in [2.75, 3.05) is 12.8 Å². The van der Waals surface area contributed by atoms with Gasteiger partial charge in [0.15, 0.2) is 9.84 Å². The third kappa shape index (κ3) is 3.97. The Balaban J connectivity index is 3.31. The molecule has 2 atom stereocenters. The van der Waals surface area contributed by atoms with Crippen molar-refractivity contribution >= 4 is 25.8 Å². The molecule has 0 amide bonds. The fraction of sp³-hybridized carbons (Fsp3) is 0.500. The number of halogens is 3. The van der Waals surface area contributed by atoms with E-state index in [9.17, 15) is 17.2 Å². The van der Waals surface area contributed by atoms with Crippen molar-refractivity contribution in [1.82, 2.24) is 5.32 Å². The van der Waals surface area contributed by atoms with Gasteiger partial charge in [-0.25, -0.2) is 17.2 Å². The lowest BCUT2D eigenvalue weighted by Gasteiger charge is -2.24. The molecular weight excluding hydrogens is 340 g/mol. The standard InChI is InChI=1S/C12H16BrF2NO2S/c1-4-16-12(7(2)19(3,17)18)8-5-11(15)9(13)6-10(8)14/h5-7,12,16H,4H2,1-3H3. The van der Waals surface area contributed by atoms with Crippen LogP contribution in [-0.2, 0) is 9.84 Å². The van der Waals surface area contributed by atoms with E-state index in [4.69, 9.17) is 0 Å². The van der Waals surface area contributed by atoms with Gasteiger partial charge in [-0.1, -0.05) is 6.92 Å². The largest absolute Gasteiger partial charge is 0.309 e. The summed E-state index contributed by atoms with van der Waals surface area (Å²) < 4.78 is 50.7. The molecule has 1 aromatic rings. The Bertz CT molecular complexity index is 563. The van der Waals surface area contributed by atoms with E-state index in [1.165, 1.54) is 6.92 Å². The van der Waals surface area contributed by atoms with Crippen molar-refractivity contribution in [3.8, 4) is 0 Å². The zero-order valence-electron chi connectivity index (χ0n) is 10.9. The van der Waals surface area contributed by atoms with E-state index in [2.05, 4.69) is 21.2 Å². The molecule has 0 aliphatic carbocycles. The van der Waals surface area contributed by atoms with Crippen molar-refractivity contribution in [3.05, 3.63) is 33.8 Å². The molecule has 0 spiro atoms. The number of hydrogen-bond donors (Lipinski definition) is 1. The predicted molar refractivity (Wildman–Crippen MR) is 74.8 cm³/mol. The molecule has 0 aliphatic heterocycles. The molecule has 0 saturated heterocycles. The molecule has 1 rings (SSSR count). The van der Waals surface area contributed by atoms with Crippen LogP contribution in [0.3, 0.4) is 0 Å². The summed E-state index contributed by atoms with van der Waals surface area (Å²) in [7, 11) is -3.38. The van der Waals surface area contributed by atoms with E-state index in [1.54, 1.807) is 6.92 Å². The summed E-state index contributed by atoms with van der Waals surface area (Å²) in [4.78, 5) is 0. The first-order valence-electron chi connectivity index (χ1n) is 5.75. The molecule has 1 N–H and O–H groups in total. The average molecular weight is 356 g/mol. The normalized spacial score (nSPS) is 15.3. The van der Waals surface area contributed by atoms with E-state index in [1.807, 2.05) is 0 Å². The summed E-state index contributed by atoms with van der Waals surface area (Å²) in [5.74, 6) is -1.27. The molecule has 7 heteroatoms. The van der Waals surface area contributed by atoms with Crippen LogP contribution in [0.1, 0.15) is 25.5 Å². The van der Waals surface area contributed by atoms with Crippen LogP contribution in [-0.4, -0.2) is 26.5 Å². The molecule has 0 bridgehead atoms. The topological polar surface area (TPSA) is 46.2 Å². The van der Waals surface area contributed by atoms with Crippen LogP contribution in [0, 0.1) is 11.6 Å². The van der Waals surface area contributed by atoms with Crippen LogP contribution in [0.5, 0.6) is 0 Å². The Kier molecular flexibility index (Phi) is 5.46. The van der Waals surface area contributed by atoms with Gasteiger partial charge in [-0.15, -0.1) is 0 Å². The average Bonchev–Trinajstić information content (AvgIpc) is 2.29. The number of benzene rings is 1. The molecule has 1 aromatic carbocycles. The number of hydrogen-bond acceptors (Lipinski definition) is 3. The van der Waals surface area contributed by atoms with Crippen molar-refractivity contribution in [2.24, 2.45) is 0 Å². The van der Waals surface area contributed by atoms with Gasteiger partial charge in [0.25, 0.3) is 0 Å². The van der Waals surface area contributed by atoms with Crippen molar-refractivity contribution < 1.29 is 17.2 Å². The minimum atomic E-state index is -3.38. The summed E-state index contributed by atoms with van der Waals surface area (Å²) in [6, 6.07) is 1.24. The molecule has 2 unspecified atom stereocenters. The zero-order valence-corrected chi connectivity index (χ0v) is 13.3. The zero-order chi connectivity index (χ0) is 14.8. The van der Waals surface area contributed by atoms with Crippen LogP contribution in [0.4, 0.5) is 8.78 Å². The minimum Gasteiger partial charge on any atom is -0.309 e. The molecular formula is C12H16BrF2NO2S. The van der Waals surface area contributed by atoms with E-state index in [0.717, 1.165) is 18.4 Å². The molecule has 0 heterocycles. The Morgan fingerprint density at radius 1 is 1.32 bits per heavy atom. The first-order chi connectivity index (χ1) is 8.68. The van der Waals surface area contributed by atoms with Crippen LogP contribution < -0.4 is 5.32 Å². The molecule has 108 valence electrons. The quantitative estimate of drug-likeness (QED) is 0.826. The van der Waals surface area contributed by atoms with Crippen LogP contribution in [0.15, 0.2) is 16.6 Å². The molecule has 19 heavy (non-hydrogen) atoms. The lowest BCUT2D eigenvalue weighted by atomic mass is 10.0. The van der Waals surface area contributed by atoms with E-state index < -0.39 is 32.8 Å². The van der Waals surface area contributed by atoms with Crippen molar-refractivity contribution in [2.45, 2.75) is 25.1 Å². The second-order valence-corrected chi connectivity index (χ2v) is 7.61. The highest BCUT2D eigenvalue weighted by atomic mass is 79.9. The maximum Gasteiger partial charge on any atom is 0.151 e. The van der Waals surface area contributed by atoms with Gasteiger partial charge >= 0.3 is 0 Å². The van der Waals surface area contributed by atoms with Crippen LogP contribution in [0.25, 0.3) is 0 Å². The van der Waals surface area contributed by atoms with Gasteiger partial charge in [0, 0.05) is 11.8 Å². The van der Waals surface area contributed by atoms with E-state index in [-0.39, 0.29) is 10.0 Å². The number of sulfone groups is 1. The van der Waals surface area contributed by atoms with Gasteiger partial charge in [-0.3, -0.25) is 0 Å². The van der Waals surface area contributed by atoms with Gasteiger partial charge in [-0.2, -0.15) is 0 Å². The van der Waals surface area contributed by atoms with E-state index >= 15 is 0 Å². The third-order valence-corrected chi connectivity index (χ3v) is 5.17. The minimum absolute atomic E-state index is 0.0102. The fourth-order valence-corrected chi connectivity index (χ4v) is 2.82. The Morgan fingerprint density at radius 2 is 1.89 bits per heavy atom. The summed E-state index contributed by atoms with van der Waals surface area (Å²) in [6.07, 6.45) is 1.08. The predicted octanol–water partition coefficient (Wildman–Crippen LogP) is 2.81. The first-order valence-corrected chi connectivity index (χ1v) is 8.50. The third-order valence-electron chi connectivity index (χ3n) is 2.94. The molecule has 0 fully saturated rings. The van der Waals surface area contributed by atoms with Gasteiger partial charge < -0.3 is 5.32 Å². The SMILES string of the molecule is CCNC(c1cc(F)c(Br)cc1F)C(C)S(C)(=O)=O. The maximum atomic E-state index is 13.9. The molecule has 0 aliphatic rings. The highest BCUT2D eigenvalue weighted by Gasteiger charge is 2.29. The lowest BCUT2D eigenvalue weighted by molar-refractivity contribution is 0.482. The van der Waals surface area contributed by atoms with Gasteiger partial charge in [-0.05, 0) is 41.5 Å². The fourth-order valence-electron chi connectivity index (χ4n) is 1.77. The second kappa shape index (κ2) is 6.28. The van der Waals surface area contributed by atoms with Gasteiger partial charge in [0.05, 0.1) is 15.8 Å². The van der Waals surface area contributed by atoms with Gasteiger partial charge in [0.2, 0.25) is 0 Å². The molecule has 0 radical (unpaired) electrons. The first kappa shape index (κ1) is 16.5. The maximum absolute atomic E-state index is 13.9.